The van der Waals surface area contributed by atoms with Crippen LogP contribution >= 0.6 is 11.8 Å². The molecular formula is C28H19NO3S. The molecule has 5 rings (SSSR count). The van der Waals surface area contributed by atoms with E-state index in [1.807, 2.05) is 60.7 Å². The van der Waals surface area contributed by atoms with Crippen LogP contribution in [0.1, 0.15) is 42.7 Å². The Morgan fingerprint density at radius 2 is 1.21 bits per heavy atom. The summed E-state index contributed by atoms with van der Waals surface area (Å²) < 4.78 is 0. The molecule has 0 radical (unpaired) electrons. The molecule has 1 aliphatic carbocycles. The first kappa shape index (κ1) is 20.9. The number of amides is 1. The van der Waals surface area contributed by atoms with E-state index in [2.05, 4.69) is 5.32 Å². The fraction of sp³-hybridized carbons (Fsp3) is 0.0357. The van der Waals surface area contributed by atoms with Crippen molar-refractivity contribution in [2.24, 2.45) is 0 Å². The first-order valence-corrected chi connectivity index (χ1v) is 11.4. The van der Waals surface area contributed by atoms with E-state index in [1.165, 1.54) is 11.8 Å². The highest BCUT2D eigenvalue weighted by Crippen LogP contribution is 2.37. The topological polar surface area (TPSA) is 63.2 Å². The average molecular weight is 450 g/mol. The van der Waals surface area contributed by atoms with Gasteiger partial charge in [0, 0.05) is 21.6 Å². The van der Waals surface area contributed by atoms with Gasteiger partial charge in [0.25, 0.3) is 0 Å². The lowest BCUT2D eigenvalue weighted by Crippen LogP contribution is -2.25. The van der Waals surface area contributed by atoms with Gasteiger partial charge in [-0.1, -0.05) is 84.9 Å². The number of carbonyl (C=O) groups excluding carboxylic acids is 3. The largest absolute Gasteiger partial charge is 0.324 e. The lowest BCUT2D eigenvalue weighted by Gasteiger charge is -2.22. The Hall–Kier alpha value is -3.96. The zero-order valence-corrected chi connectivity index (χ0v) is 18.3. The second kappa shape index (κ2) is 8.88. The molecule has 1 N–H and O–H groups in total. The Balaban J connectivity index is 1.51. The molecule has 0 spiro atoms. The molecule has 5 heteroatoms. The van der Waals surface area contributed by atoms with Crippen LogP contribution in [0.5, 0.6) is 0 Å². The van der Waals surface area contributed by atoms with Gasteiger partial charge in [0.2, 0.25) is 5.91 Å². The van der Waals surface area contributed by atoms with E-state index in [9.17, 15) is 14.4 Å². The molecule has 0 heterocycles. The van der Waals surface area contributed by atoms with Gasteiger partial charge in [-0.15, -0.1) is 11.8 Å². The van der Waals surface area contributed by atoms with Crippen LogP contribution in [-0.2, 0) is 4.79 Å². The van der Waals surface area contributed by atoms with Crippen molar-refractivity contribution in [2.75, 3.05) is 5.32 Å². The van der Waals surface area contributed by atoms with Crippen molar-refractivity contribution in [1.82, 2.24) is 0 Å². The van der Waals surface area contributed by atoms with Gasteiger partial charge < -0.3 is 5.32 Å². The summed E-state index contributed by atoms with van der Waals surface area (Å²) in [4.78, 5) is 40.8. The van der Waals surface area contributed by atoms with Crippen molar-refractivity contribution < 1.29 is 14.4 Å². The molecule has 33 heavy (non-hydrogen) atoms. The molecule has 1 aliphatic rings. The van der Waals surface area contributed by atoms with Crippen molar-refractivity contribution in [1.29, 1.82) is 0 Å². The highest BCUT2D eigenvalue weighted by atomic mass is 32.2. The first-order chi connectivity index (χ1) is 16.1. The summed E-state index contributed by atoms with van der Waals surface area (Å²) in [6, 6.07) is 31.0. The Morgan fingerprint density at radius 3 is 1.91 bits per heavy atom. The molecule has 0 aliphatic heterocycles. The van der Waals surface area contributed by atoms with Crippen LogP contribution in [0.4, 0.5) is 5.69 Å². The maximum Gasteiger partial charge on any atom is 0.242 e. The number of benzene rings is 4. The Morgan fingerprint density at radius 1 is 0.636 bits per heavy atom. The smallest absolute Gasteiger partial charge is 0.242 e. The van der Waals surface area contributed by atoms with E-state index in [1.54, 1.807) is 42.5 Å². The van der Waals surface area contributed by atoms with Crippen LogP contribution in [-0.4, -0.2) is 17.5 Å². The normalized spacial score (nSPS) is 13.1. The highest BCUT2D eigenvalue weighted by Gasteiger charge is 2.32. The van der Waals surface area contributed by atoms with Crippen molar-refractivity contribution >= 4 is 34.9 Å². The second-order valence-electron chi connectivity index (χ2n) is 7.64. The molecule has 1 amide bonds. The molecule has 0 saturated heterocycles. The summed E-state index contributed by atoms with van der Waals surface area (Å²) in [5.41, 5.74) is 2.49. The zero-order valence-electron chi connectivity index (χ0n) is 17.5. The summed E-state index contributed by atoms with van der Waals surface area (Å²) >= 11 is 1.43. The third-order valence-electron chi connectivity index (χ3n) is 5.55. The Kier molecular flexibility index (Phi) is 5.63. The number of ketones is 2. The van der Waals surface area contributed by atoms with Crippen molar-refractivity contribution in [2.45, 2.75) is 10.1 Å². The van der Waals surface area contributed by atoms with Gasteiger partial charge >= 0.3 is 0 Å². The van der Waals surface area contributed by atoms with Gasteiger partial charge in [-0.05, 0) is 23.8 Å². The molecule has 1 atom stereocenters. The fourth-order valence-electron chi connectivity index (χ4n) is 3.98. The summed E-state index contributed by atoms with van der Waals surface area (Å²) in [5.74, 6) is -0.736. The lowest BCUT2D eigenvalue weighted by molar-refractivity contribution is -0.115. The van der Waals surface area contributed by atoms with Crippen LogP contribution in [0.3, 0.4) is 0 Å². The predicted octanol–water partition coefficient (Wildman–Crippen LogP) is 5.93. The van der Waals surface area contributed by atoms with Crippen molar-refractivity contribution in [3.05, 3.63) is 131 Å². The minimum atomic E-state index is -0.536. The summed E-state index contributed by atoms with van der Waals surface area (Å²) in [6.45, 7) is 0. The minimum absolute atomic E-state index is 0.213. The van der Waals surface area contributed by atoms with Crippen LogP contribution in [0.2, 0.25) is 0 Å². The number of hydrogen-bond donors (Lipinski definition) is 1. The molecule has 160 valence electrons. The van der Waals surface area contributed by atoms with E-state index in [0.717, 1.165) is 10.5 Å². The van der Waals surface area contributed by atoms with Crippen LogP contribution in [0, 0.1) is 0 Å². The monoisotopic (exact) mass is 449 g/mol. The predicted molar refractivity (Wildman–Crippen MR) is 130 cm³/mol. The second-order valence-corrected chi connectivity index (χ2v) is 8.82. The molecule has 4 aromatic rings. The van der Waals surface area contributed by atoms with Gasteiger partial charge in [-0.2, -0.15) is 0 Å². The van der Waals surface area contributed by atoms with E-state index in [-0.39, 0.29) is 23.0 Å². The summed E-state index contributed by atoms with van der Waals surface area (Å²) in [5, 5.41) is 2.40. The Bertz CT molecular complexity index is 1370. The van der Waals surface area contributed by atoms with Crippen molar-refractivity contribution in [3.63, 3.8) is 0 Å². The number of nitrogens with one attached hydrogen (secondary N) is 1. The van der Waals surface area contributed by atoms with Gasteiger partial charge in [0.05, 0.1) is 11.3 Å². The standard InChI is InChI=1S/C28H19NO3S/c30-25-20-14-7-8-15-21(20)26(31)24-22(25)16-9-17-23(24)29-28(32)27(18-10-3-1-4-11-18)33-19-12-5-2-6-13-19/h1-17,27H,(H,29,32)/t27-/m1/s1. The number of carbonyl (C=O) groups is 3. The van der Waals surface area contributed by atoms with Crippen molar-refractivity contribution in [3.8, 4) is 0 Å². The van der Waals surface area contributed by atoms with E-state index < -0.39 is 5.25 Å². The number of fused-ring (bicyclic) bond motifs is 2. The SMILES string of the molecule is O=C1c2ccccc2C(=O)c2c(NC(=O)[C@H](Sc3ccccc3)c3ccccc3)cccc21. The number of hydrogen-bond acceptors (Lipinski definition) is 4. The van der Waals surface area contributed by atoms with Crippen LogP contribution in [0.15, 0.2) is 108 Å². The van der Waals surface area contributed by atoms with Gasteiger partial charge in [-0.25, -0.2) is 0 Å². The molecule has 4 nitrogen and oxygen atoms in total. The number of thioether (sulfide) groups is 1. The minimum Gasteiger partial charge on any atom is -0.324 e. The molecule has 0 unspecified atom stereocenters. The average Bonchev–Trinajstić information content (AvgIpc) is 2.87. The van der Waals surface area contributed by atoms with E-state index in [0.29, 0.717) is 22.4 Å². The molecular weight excluding hydrogens is 430 g/mol. The summed E-state index contributed by atoms with van der Waals surface area (Å²) in [7, 11) is 0. The molecule has 0 bridgehead atoms. The highest BCUT2D eigenvalue weighted by molar-refractivity contribution is 8.00. The number of rotatable bonds is 5. The van der Waals surface area contributed by atoms with E-state index >= 15 is 0 Å². The van der Waals surface area contributed by atoms with Gasteiger partial charge in [0.15, 0.2) is 11.6 Å². The van der Waals surface area contributed by atoms with Crippen LogP contribution in [0.25, 0.3) is 0 Å². The molecule has 0 fully saturated rings. The molecule has 4 aromatic carbocycles. The maximum atomic E-state index is 13.5. The number of anilines is 1. The zero-order chi connectivity index (χ0) is 22.8. The molecule has 0 saturated carbocycles. The van der Waals surface area contributed by atoms with E-state index in [4.69, 9.17) is 0 Å². The van der Waals surface area contributed by atoms with Gasteiger partial charge in [0.1, 0.15) is 5.25 Å². The van der Waals surface area contributed by atoms with Gasteiger partial charge in [-0.3, -0.25) is 14.4 Å². The third-order valence-corrected chi connectivity index (χ3v) is 6.81. The van der Waals surface area contributed by atoms with Crippen LogP contribution < -0.4 is 5.32 Å². The quantitative estimate of drug-likeness (QED) is 0.338. The maximum absolute atomic E-state index is 13.5. The first-order valence-electron chi connectivity index (χ1n) is 10.5. The lowest BCUT2D eigenvalue weighted by atomic mass is 9.83. The third kappa shape index (κ3) is 3.99. The molecule has 0 aromatic heterocycles. The summed E-state index contributed by atoms with van der Waals surface area (Å²) in [6.07, 6.45) is 0. The Labute approximate surface area is 195 Å². The fourth-order valence-corrected chi connectivity index (χ4v) is 5.03.